The van der Waals surface area contributed by atoms with Crippen molar-refractivity contribution in [1.82, 2.24) is 19.5 Å². The molecule has 152 valence electrons. The number of aromatic nitrogens is 4. The van der Waals surface area contributed by atoms with E-state index >= 15 is 0 Å². The Labute approximate surface area is 172 Å². The molecule has 3 aromatic heterocycles. The van der Waals surface area contributed by atoms with Crippen molar-refractivity contribution in [1.29, 1.82) is 0 Å². The molecule has 4 aromatic rings. The summed E-state index contributed by atoms with van der Waals surface area (Å²) in [6.07, 6.45) is 3.40. The number of carbonyl (C=O) groups is 2. The first-order valence-corrected chi connectivity index (χ1v) is 9.40. The number of pyridine rings is 1. The van der Waals surface area contributed by atoms with Gasteiger partial charge >= 0.3 is 5.97 Å². The first-order valence-electron chi connectivity index (χ1n) is 9.40. The number of nitrogens with zero attached hydrogens (tertiary/aromatic N) is 4. The smallest absolute Gasteiger partial charge is 0.354 e. The topological polar surface area (TPSA) is 99.2 Å². The lowest BCUT2D eigenvalue weighted by Crippen LogP contribution is -2.16. The molecule has 0 aliphatic heterocycles. The molecule has 1 atom stereocenters. The first kappa shape index (κ1) is 19.4. The van der Waals surface area contributed by atoms with E-state index in [1.54, 1.807) is 17.1 Å². The van der Waals surface area contributed by atoms with Crippen LogP contribution >= 0.6 is 0 Å². The number of ketones is 1. The molecule has 0 aliphatic carbocycles. The van der Waals surface area contributed by atoms with Crippen LogP contribution in [0.2, 0.25) is 0 Å². The molecule has 0 radical (unpaired) electrons. The highest BCUT2D eigenvalue weighted by Gasteiger charge is 2.23. The second-order valence-electron chi connectivity index (χ2n) is 7.08. The second kappa shape index (κ2) is 7.47. The number of carbonyl (C=O) groups excluding carboxylic acids is 1. The van der Waals surface area contributed by atoms with E-state index in [9.17, 15) is 14.7 Å². The molecule has 4 rings (SSSR count). The summed E-state index contributed by atoms with van der Waals surface area (Å²) in [4.78, 5) is 33.7. The number of carboxylic acids is 1. The van der Waals surface area contributed by atoms with Gasteiger partial charge in [-0.25, -0.2) is 9.78 Å². The molecular weight excluding hydrogens is 384 g/mol. The van der Waals surface area contributed by atoms with Crippen LogP contribution in [0.25, 0.3) is 11.0 Å². The molecular formula is C22H20N4O4. The zero-order valence-electron chi connectivity index (χ0n) is 16.7. The Morgan fingerprint density at radius 3 is 2.53 bits per heavy atom. The van der Waals surface area contributed by atoms with Crippen LogP contribution in [0.15, 0.2) is 54.9 Å². The number of rotatable bonds is 6. The molecule has 1 unspecified atom stereocenters. The Kier molecular flexibility index (Phi) is 4.83. The average molecular weight is 404 g/mol. The minimum Gasteiger partial charge on any atom is -0.477 e. The summed E-state index contributed by atoms with van der Waals surface area (Å²) >= 11 is 0. The van der Waals surface area contributed by atoms with Crippen molar-refractivity contribution in [2.75, 3.05) is 0 Å². The van der Waals surface area contributed by atoms with Crippen molar-refractivity contribution in [3.8, 4) is 5.75 Å². The predicted molar refractivity (Wildman–Crippen MR) is 110 cm³/mol. The minimum absolute atomic E-state index is 0.0481. The molecule has 0 saturated heterocycles. The number of fused-ring (bicyclic) bond motifs is 1. The largest absolute Gasteiger partial charge is 0.477 e. The van der Waals surface area contributed by atoms with Crippen LogP contribution in [0.5, 0.6) is 5.75 Å². The second-order valence-corrected chi connectivity index (χ2v) is 7.08. The van der Waals surface area contributed by atoms with Gasteiger partial charge in [-0.1, -0.05) is 17.7 Å². The van der Waals surface area contributed by atoms with E-state index in [-0.39, 0.29) is 17.2 Å². The van der Waals surface area contributed by atoms with Gasteiger partial charge in [0.05, 0.1) is 6.04 Å². The molecule has 30 heavy (non-hydrogen) atoms. The van der Waals surface area contributed by atoms with Crippen LogP contribution in [0, 0.1) is 6.92 Å². The van der Waals surface area contributed by atoms with E-state index in [4.69, 9.17) is 4.84 Å². The summed E-state index contributed by atoms with van der Waals surface area (Å²) in [5.74, 6) is -0.766. The van der Waals surface area contributed by atoms with Crippen LogP contribution in [0.1, 0.15) is 52.0 Å². The fourth-order valence-electron chi connectivity index (χ4n) is 3.34. The molecule has 0 spiro atoms. The normalized spacial score (nSPS) is 12.1. The van der Waals surface area contributed by atoms with Gasteiger partial charge in [0, 0.05) is 30.8 Å². The van der Waals surface area contributed by atoms with Crippen LogP contribution in [-0.4, -0.2) is 36.4 Å². The third-order valence-corrected chi connectivity index (χ3v) is 4.95. The van der Waals surface area contributed by atoms with Crippen LogP contribution in [0.3, 0.4) is 0 Å². The average Bonchev–Trinajstić information content (AvgIpc) is 3.34. The van der Waals surface area contributed by atoms with Gasteiger partial charge in [0.15, 0.2) is 17.2 Å². The Morgan fingerprint density at radius 1 is 1.13 bits per heavy atom. The van der Waals surface area contributed by atoms with Gasteiger partial charge < -0.3 is 9.94 Å². The Balaban J connectivity index is 1.75. The summed E-state index contributed by atoms with van der Waals surface area (Å²) in [7, 11) is 0. The highest BCUT2D eigenvalue weighted by Crippen LogP contribution is 2.28. The number of aromatic carboxylic acids is 1. The lowest BCUT2D eigenvalue weighted by molar-refractivity contribution is 0.0681. The van der Waals surface area contributed by atoms with E-state index in [0.29, 0.717) is 11.4 Å². The third kappa shape index (κ3) is 3.43. The zero-order chi connectivity index (χ0) is 21.4. The highest BCUT2D eigenvalue weighted by molar-refractivity contribution is 5.95. The molecule has 0 fully saturated rings. The fourth-order valence-corrected chi connectivity index (χ4v) is 3.34. The molecule has 1 N–H and O–H groups in total. The van der Waals surface area contributed by atoms with Gasteiger partial charge in [-0.2, -0.15) is 9.83 Å². The summed E-state index contributed by atoms with van der Waals surface area (Å²) in [5, 5.41) is 14.6. The number of carboxylic acid groups (broad SMARTS) is 1. The lowest BCUT2D eigenvalue weighted by Gasteiger charge is -2.16. The standard InChI is InChI=1S/C22H20N4O4/c1-13-4-6-16(7-5-13)30-25-11-9-18-17(8-10-23-21(18)25)14(2)26-20(22(28)29)12-19(24-26)15(3)27/h4-12,14H,1-3H3,(H,28,29). The number of Topliss-reactive ketones (excluding diaryl/α,β-unsaturated/α-hetero) is 1. The Hall–Kier alpha value is -3.94. The van der Waals surface area contributed by atoms with Gasteiger partial charge in [0.1, 0.15) is 11.4 Å². The molecule has 0 amide bonds. The molecule has 0 bridgehead atoms. The van der Waals surface area contributed by atoms with Gasteiger partial charge in [-0.3, -0.25) is 9.48 Å². The van der Waals surface area contributed by atoms with Crippen LogP contribution in [0.4, 0.5) is 0 Å². The maximum absolute atomic E-state index is 11.7. The number of benzene rings is 1. The van der Waals surface area contributed by atoms with Crippen molar-refractivity contribution in [3.05, 3.63) is 77.4 Å². The molecule has 8 heteroatoms. The van der Waals surface area contributed by atoms with Crippen molar-refractivity contribution in [2.45, 2.75) is 26.8 Å². The van der Waals surface area contributed by atoms with E-state index in [1.165, 1.54) is 17.7 Å². The van der Waals surface area contributed by atoms with E-state index in [2.05, 4.69) is 10.1 Å². The molecule has 0 aliphatic rings. The van der Waals surface area contributed by atoms with Crippen LogP contribution in [-0.2, 0) is 0 Å². The van der Waals surface area contributed by atoms with E-state index < -0.39 is 12.0 Å². The third-order valence-electron chi connectivity index (χ3n) is 4.95. The van der Waals surface area contributed by atoms with Gasteiger partial charge in [0.25, 0.3) is 0 Å². The molecule has 3 heterocycles. The Bertz CT molecular complexity index is 1250. The SMILES string of the molecule is CC(=O)c1cc(C(=O)O)n(C(C)c2ccnc3c2ccn3Oc2ccc(C)cc2)n1. The van der Waals surface area contributed by atoms with Crippen molar-refractivity contribution in [3.63, 3.8) is 0 Å². The van der Waals surface area contributed by atoms with Crippen LogP contribution < -0.4 is 4.84 Å². The number of aryl methyl sites for hydroxylation is 1. The van der Waals surface area contributed by atoms with Crippen molar-refractivity contribution < 1.29 is 19.5 Å². The van der Waals surface area contributed by atoms with Gasteiger partial charge in [-0.15, -0.1) is 0 Å². The summed E-state index contributed by atoms with van der Waals surface area (Å²) in [6, 6.07) is 12.2. The quantitative estimate of drug-likeness (QED) is 0.490. The number of hydrogen-bond acceptors (Lipinski definition) is 5. The highest BCUT2D eigenvalue weighted by atomic mass is 16.7. The van der Waals surface area contributed by atoms with Crippen molar-refractivity contribution in [2.24, 2.45) is 0 Å². The molecule has 0 saturated carbocycles. The van der Waals surface area contributed by atoms with Gasteiger partial charge in [-0.05, 0) is 43.7 Å². The van der Waals surface area contributed by atoms with E-state index in [1.807, 2.05) is 50.2 Å². The first-order chi connectivity index (χ1) is 14.3. The molecule has 1 aromatic carbocycles. The summed E-state index contributed by atoms with van der Waals surface area (Å²) in [5.41, 5.74) is 2.60. The summed E-state index contributed by atoms with van der Waals surface area (Å²) < 4.78 is 2.92. The number of hydrogen-bond donors (Lipinski definition) is 1. The predicted octanol–water partition coefficient (Wildman–Crippen LogP) is 3.89. The minimum atomic E-state index is -1.15. The maximum atomic E-state index is 11.7. The maximum Gasteiger partial charge on any atom is 0.354 e. The van der Waals surface area contributed by atoms with Gasteiger partial charge in [0.2, 0.25) is 0 Å². The molecule has 8 nitrogen and oxygen atoms in total. The zero-order valence-corrected chi connectivity index (χ0v) is 16.7. The van der Waals surface area contributed by atoms with E-state index in [0.717, 1.165) is 16.5 Å². The van der Waals surface area contributed by atoms with Crippen molar-refractivity contribution >= 4 is 22.8 Å². The summed E-state index contributed by atoms with van der Waals surface area (Å²) in [6.45, 7) is 5.19. The monoisotopic (exact) mass is 404 g/mol. The Morgan fingerprint density at radius 2 is 1.87 bits per heavy atom. The lowest BCUT2D eigenvalue weighted by atomic mass is 10.1. The fraction of sp³-hybridized carbons (Fsp3) is 0.182.